The van der Waals surface area contributed by atoms with Crippen LogP contribution in [-0.2, 0) is 9.59 Å². The third-order valence-electron chi connectivity index (χ3n) is 3.28. The fourth-order valence-electron chi connectivity index (χ4n) is 1.97. The van der Waals surface area contributed by atoms with Crippen molar-refractivity contribution in [3.05, 3.63) is 36.4 Å². The average Bonchev–Trinajstić information content (AvgIpc) is 2.60. The SMILES string of the molecule is CC(C)CC(=O)Oc1ccccc1N.CNCC(=O)Nc1ccc(N)c(N)n1. The molecule has 0 bridgehead atoms. The average molecular weight is 388 g/mol. The zero-order valence-corrected chi connectivity index (χ0v) is 16.4. The molecule has 0 atom stereocenters. The van der Waals surface area contributed by atoms with Crippen LogP contribution in [0.2, 0.25) is 0 Å². The maximum Gasteiger partial charge on any atom is 0.311 e. The normalized spacial score (nSPS) is 10.0. The molecule has 0 saturated carbocycles. The highest BCUT2D eigenvalue weighted by Crippen LogP contribution is 2.20. The summed E-state index contributed by atoms with van der Waals surface area (Å²) in [5.41, 5.74) is 17.4. The molecule has 9 nitrogen and oxygen atoms in total. The highest BCUT2D eigenvalue weighted by Gasteiger charge is 2.08. The molecule has 0 radical (unpaired) electrons. The monoisotopic (exact) mass is 388 g/mol. The molecule has 28 heavy (non-hydrogen) atoms. The van der Waals surface area contributed by atoms with E-state index in [0.29, 0.717) is 35.3 Å². The van der Waals surface area contributed by atoms with Crippen LogP contribution >= 0.6 is 0 Å². The van der Waals surface area contributed by atoms with Crippen molar-refractivity contribution in [3.63, 3.8) is 0 Å². The van der Waals surface area contributed by atoms with Crippen LogP contribution in [0.15, 0.2) is 36.4 Å². The summed E-state index contributed by atoms with van der Waals surface area (Å²) >= 11 is 0. The van der Waals surface area contributed by atoms with E-state index in [4.69, 9.17) is 21.9 Å². The van der Waals surface area contributed by atoms with E-state index in [1.54, 1.807) is 43.4 Å². The Labute approximate surface area is 164 Å². The Morgan fingerprint density at radius 2 is 1.75 bits per heavy atom. The van der Waals surface area contributed by atoms with Gasteiger partial charge < -0.3 is 32.6 Å². The molecule has 0 aliphatic carbocycles. The zero-order chi connectivity index (χ0) is 21.1. The van der Waals surface area contributed by atoms with Crippen LogP contribution in [0.1, 0.15) is 20.3 Å². The Bertz CT molecular complexity index is 795. The highest BCUT2D eigenvalue weighted by atomic mass is 16.5. The van der Waals surface area contributed by atoms with Crippen LogP contribution in [-0.4, -0.2) is 30.5 Å². The molecule has 0 aliphatic rings. The number of benzene rings is 1. The van der Waals surface area contributed by atoms with Crippen molar-refractivity contribution in [2.75, 3.05) is 36.1 Å². The molecule has 0 saturated heterocycles. The van der Waals surface area contributed by atoms with Crippen molar-refractivity contribution in [1.82, 2.24) is 10.3 Å². The molecule has 0 unspecified atom stereocenters. The number of anilines is 4. The topological polar surface area (TPSA) is 158 Å². The number of likely N-dealkylation sites (N-methyl/N-ethyl adjacent to an activating group) is 1. The van der Waals surface area contributed by atoms with Crippen molar-refractivity contribution in [3.8, 4) is 5.75 Å². The van der Waals surface area contributed by atoms with Crippen molar-refractivity contribution in [2.24, 2.45) is 5.92 Å². The van der Waals surface area contributed by atoms with Gasteiger partial charge in [0.1, 0.15) is 11.6 Å². The van der Waals surface area contributed by atoms with Crippen LogP contribution in [0.3, 0.4) is 0 Å². The van der Waals surface area contributed by atoms with E-state index < -0.39 is 0 Å². The van der Waals surface area contributed by atoms with Gasteiger partial charge in [0.15, 0.2) is 5.75 Å². The second-order valence-corrected chi connectivity index (χ2v) is 6.36. The molecule has 2 aromatic rings. The number of aromatic nitrogens is 1. The number of hydrogen-bond acceptors (Lipinski definition) is 8. The van der Waals surface area contributed by atoms with Crippen LogP contribution in [0, 0.1) is 5.92 Å². The third-order valence-corrected chi connectivity index (χ3v) is 3.28. The lowest BCUT2D eigenvalue weighted by atomic mass is 10.1. The Kier molecular flexibility index (Phi) is 9.24. The summed E-state index contributed by atoms with van der Waals surface area (Å²) in [4.78, 5) is 26.3. The van der Waals surface area contributed by atoms with E-state index in [1.165, 1.54) is 0 Å². The quantitative estimate of drug-likeness (QED) is 0.284. The summed E-state index contributed by atoms with van der Waals surface area (Å²) in [7, 11) is 1.68. The molecule has 1 aromatic heterocycles. The minimum Gasteiger partial charge on any atom is -0.424 e. The van der Waals surface area contributed by atoms with Gasteiger partial charge in [0.05, 0.1) is 17.9 Å². The van der Waals surface area contributed by atoms with E-state index >= 15 is 0 Å². The molecule has 9 heteroatoms. The Hall–Kier alpha value is -3.33. The standard InChI is InChI=1S/C11H15NO2.C8H13N5O/c1-8(2)7-11(13)14-10-6-4-3-5-9(10)12;1-11-4-7(14)12-6-3-2-5(9)8(10)13-6/h3-6,8H,7,12H2,1-2H3;2-3,11H,4,9H2,1H3,(H3,10,12,13,14). The van der Waals surface area contributed by atoms with Crippen LogP contribution < -0.4 is 32.6 Å². The number of hydrogen-bond donors (Lipinski definition) is 5. The summed E-state index contributed by atoms with van der Waals surface area (Å²) in [6.07, 6.45) is 0.411. The number of nitrogen functional groups attached to an aromatic ring is 3. The number of nitrogens with zero attached hydrogens (tertiary/aromatic N) is 1. The summed E-state index contributed by atoms with van der Waals surface area (Å²) in [5, 5.41) is 5.28. The fraction of sp³-hybridized carbons (Fsp3) is 0.316. The van der Waals surface area contributed by atoms with E-state index in [9.17, 15) is 9.59 Å². The van der Waals surface area contributed by atoms with E-state index in [-0.39, 0.29) is 24.2 Å². The maximum atomic E-state index is 11.3. The fourth-order valence-corrected chi connectivity index (χ4v) is 1.97. The second kappa shape index (κ2) is 11.4. The van der Waals surface area contributed by atoms with Gasteiger partial charge in [-0.15, -0.1) is 0 Å². The summed E-state index contributed by atoms with van der Waals surface area (Å²) in [6, 6.07) is 10.2. The van der Waals surface area contributed by atoms with Gasteiger partial charge >= 0.3 is 5.97 Å². The first kappa shape index (κ1) is 22.7. The number of carbonyl (C=O) groups is 2. The van der Waals surface area contributed by atoms with Crippen LogP contribution in [0.25, 0.3) is 0 Å². The molecule has 1 heterocycles. The largest absolute Gasteiger partial charge is 0.424 e. The zero-order valence-electron chi connectivity index (χ0n) is 16.4. The molecular formula is C19H28N6O3. The third kappa shape index (κ3) is 8.37. The maximum absolute atomic E-state index is 11.3. The van der Waals surface area contributed by atoms with Crippen molar-refractivity contribution in [1.29, 1.82) is 0 Å². The number of nitrogens with one attached hydrogen (secondary N) is 2. The molecule has 2 rings (SSSR count). The second-order valence-electron chi connectivity index (χ2n) is 6.36. The molecule has 0 fully saturated rings. The Morgan fingerprint density at radius 1 is 1.07 bits per heavy atom. The summed E-state index contributed by atoms with van der Waals surface area (Å²) in [6.45, 7) is 4.16. The Morgan fingerprint density at radius 3 is 2.32 bits per heavy atom. The summed E-state index contributed by atoms with van der Waals surface area (Å²) in [5.74, 6) is 0.942. The Balaban J connectivity index is 0.000000280. The number of rotatable bonds is 6. The molecular weight excluding hydrogens is 360 g/mol. The molecule has 0 spiro atoms. The van der Waals surface area contributed by atoms with Crippen molar-refractivity contribution >= 4 is 34.9 Å². The van der Waals surface area contributed by atoms with Gasteiger partial charge in [-0.2, -0.15) is 0 Å². The van der Waals surface area contributed by atoms with E-state index in [0.717, 1.165) is 0 Å². The van der Waals surface area contributed by atoms with E-state index in [2.05, 4.69) is 15.6 Å². The lowest BCUT2D eigenvalue weighted by Crippen LogP contribution is -2.25. The highest BCUT2D eigenvalue weighted by molar-refractivity contribution is 5.91. The van der Waals surface area contributed by atoms with Crippen molar-refractivity contribution < 1.29 is 14.3 Å². The van der Waals surface area contributed by atoms with Gasteiger partial charge in [-0.25, -0.2) is 4.98 Å². The lowest BCUT2D eigenvalue weighted by molar-refractivity contribution is -0.135. The number of carbonyl (C=O) groups excluding carboxylic acids is 2. The minimum atomic E-state index is -0.238. The number of ether oxygens (including phenoxy) is 1. The van der Waals surface area contributed by atoms with Crippen LogP contribution in [0.5, 0.6) is 5.75 Å². The first-order valence-corrected chi connectivity index (χ1v) is 8.74. The smallest absolute Gasteiger partial charge is 0.311 e. The number of pyridine rings is 1. The van der Waals surface area contributed by atoms with Gasteiger partial charge in [0.2, 0.25) is 5.91 Å². The van der Waals surface area contributed by atoms with Gasteiger partial charge in [0.25, 0.3) is 0 Å². The van der Waals surface area contributed by atoms with Crippen LogP contribution in [0.4, 0.5) is 23.0 Å². The van der Waals surface area contributed by atoms with E-state index in [1.807, 2.05) is 13.8 Å². The first-order chi connectivity index (χ1) is 13.2. The molecule has 8 N–H and O–H groups in total. The van der Waals surface area contributed by atoms with Gasteiger partial charge in [-0.3, -0.25) is 9.59 Å². The predicted octanol–water partition coefficient (Wildman–Crippen LogP) is 1.62. The molecule has 1 amide bonds. The molecule has 152 valence electrons. The lowest BCUT2D eigenvalue weighted by Gasteiger charge is -2.07. The summed E-state index contributed by atoms with van der Waals surface area (Å²) < 4.78 is 5.09. The number of para-hydroxylation sites is 2. The van der Waals surface area contributed by atoms with Gasteiger partial charge in [0, 0.05) is 6.42 Å². The number of esters is 1. The van der Waals surface area contributed by atoms with Crippen molar-refractivity contribution in [2.45, 2.75) is 20.3 Å². The predicted molar refractivity (Wildman–Crippen MR) is 112 cm³/mol. The first-order valence-electron chi connectivity index (χ1n) is 8.74. The molecule has 1 aromatic carbocycles. The van der Waals surface area contributed by atoms with Gasteiger partial charge in [-0.1, -0.05) is 26.0 Å². The minimum absolute atomic E-state index is 0.177. The number of amides is 1. The number of nitrogens with two attached hydrogens (primary N) is 3. The van der Waals surface area contributed by atoms with Gasteiger partial charge in [-0.05, 0) is 37.2 Å². The molecule has 0 aliphatic heterocycles.